The zero-order valence-electron chi connectivity index (χ0n) is 15.3. The van der Waals surface area contributed by atoms with Crippen LogP contribution in [0.15, 0.2) is 36.5 Å². The number of carbonyl (C=O) groups is 1. The Hall–Kier alpha value is -2.40. The quantitative estimate of drug-likeness (QED) is 0.800. The molecule has 1 fully saturated rings. The Bertz CT molecular complexity index is 733. The molecular weight excluding hydrogens is 314 g/mol. The number of hydrogen-bond donors (Lipinski definition) is 0. The van der Waals surface area contributed by atoms with Gasteiger partial charge in [-0.1, -0.05) is 12.1 Å². The molecule has 1 saturated heterocycles. The van der Waals surface area contributed by atoms with Crippen molar-refractivity contribution in [1.29, 1.82) is 0 Å². The van der Waals surface area contributed by atoms with Gasteiger partial charge in [0.15, 0.2) is 6.29 Å². The van der Waals surface area contributed by atoms with Crippen LogP contribution in [0.4, 0.5) is 11.5 Å². The van der Waals surface area contributed by atoms with E-state index in [1.807, 2.05) is 40.2 Å². The van der Waals surface area contributed by atoms with E-state index in [1.54, 1.807) is 0 Å². The van der Waals surface area contributed by atoms with Crippen LogP contribution in [0, 0.1) is 0 Å². The summed E-state index contributed by atoms with van der Waals surface area (Å²) in [6, 6.07) is 10.2. The SMILES string of the molecule is C[C@@H]1CN(c2ncc(-c3ccc(N(C)C)cc3)cc2C=O)C[C@H](C)O1. The van der Waals surface area contributed by atoms with Crippen molar-refractivity contribution in [2.45, 2.75) is 26.1 Å². The zero-order chi connectivity index (χ0) is 18.0. The van der Waals surface area contributed by atoms with Crippen LogP contribution in [-0.2, 0) is 4.74 Å². The number of ether oxygens (including phenoxy) is 1. The summed E-state index contributed by atoms with van der Waals surface area (Å²) in [5.74, 6) is 0.741. The minimum Gasteiger partial charge on any atom is -0.378 e. The van der Waals surface area contributed by atoms with Crippen molar-refractivity contribution >= 4 is 17.8 Å². The maximum atomic E-state index is 11.7. The van der Waals surface area contributed by atoms with E-state index in [0.29, 0.717) is 5.56 Å². The molecular formula is C20H25N3O2. The predicted octanol–water partition coefficient (Wildman–Crippen LogP) is 3.24. The van der Waals surface area contributed by atoms with Crippen LogP contribution in [0.5, 0.6) is 0 Å². The van der Waals surface area contributed by atoms with Gasteiger partial charge in [0.1, 0.15) is 5.82 Å². The van der Waals surface area contributed by atoms with Crippen LogP contribution < -0.4 is 9.80 Å². The molecule has 25 heavy (non-hydrogen) atoms. The number of benzene rings is 1. The highest BCUT2D eigenvalue weighted by Crippen LogP contribution is 2.27. The molecule has 5 nitrogen and oxygen atoms in total. The molecule has 0 bridgehead atoms. The van der Waals surface area contributed by atoms with Crippen LogP contribution in [0.2, 0.25) is 0 Å². The normalized spacial score (nSPS) is 20.4. The third kappa shape index (κ3) is 3.82. The maximum absolute atomic E-state index is 11.7. The van der Waals surface area contributed by atoms with Crippen LogP contribution in [0.3, 0.4) is 0 Å². The lowest BCUT2D eigenvalue weighted by molar-refractivity contribution is -0.00549. The summed E-state index contributed by atoms with van der Waals surface area (Å²) in [7, 11) is 4.03. The average molecular weight is 339 g/mol. The van der Waals surface area contributed by atoms with Gasteiger partial charge in [-0.05, 0) is 37.6 Å². The Morgan fingerprint density at radius 2 is 1.76 bits per heavy atom. The van der Waals surface area contributed by atoms with E-state index in [4.69, 9.17) is 4.74 Å². The number of morpholine rings is 1. The van der Waals surface area contributed by atoms with Crippen molar-refractivity contribution in [3.05, 3.63) is 42.1 Å². The Morgan fingerprint density at radius 3 is 2.32 bits per heavy atom. The molecule has 1 aliphatic rings. The average Bonchev–Trinajstić information content (AvgIpc) is 2.60. The molecule has 0 N–H and O–H groups in total. The van der Waals surface area contributed by atoms with E-state index < -0.39 is 0 Å². The first kappa shape index (κ1) is 17.4. The van der Waals surface area contributed by atoms with Crippen molar-refractivity contribution in [2.24, 2.45) is 0 Å². The largest absolute Gasteiger partial charge is 0.378 e. The Labute approximate surface area is 149 Å². The van der Waals surface area contributed by atoms with Crippen molar-refractivity contribution in [3.8, 4) is 11.1 Å². The van der Waals surface area contributed by atoms with Gasteiger partial charge < -0.3 is 14.5 Å². The predicted molar refractivity (Wildman–Crippen MR) is 102 cm³/mol. The smallest absolute Gasteiger partial charge is 0.153 e. The van der Waals surface area contributed by atoms with E-state index in [-0.39, 0.29) is 12.2 Å². The molecule has 2 atom stereocenters. The first-order chi connectivity index (χ1) is 12.0. The lowest BCUT2D eigenvalue weighted by Crippen LogP contribution is -2.46. The molecule has 3 rings (SSSR count). The van der Waals surface area contributed by atoms with Crippen molar-refractivity contribution in [2.75, 3.05) is 37.0 Å². The van der Waals surface area contributed by atoms with Crippen LogP contribution in [0.25, 0.3) is 11.1 Å². The lowest BCUT2D eigenvalue weighted by Gasteiger charge is -2.36. The minimum absolute atomic E-state index is 0.128. The second kappa shape index (κ2) is 7.23. The second-order valence-corrected chi connectivity index (χ2v) is 6.86. The zero-order valence-corrected chi connectivity index (χ0v) is 15.3. The van der Waals surface area contributed by atoms with E-state index in [9.17, 15) is 4.79 Å². The van der Waals surface area contributed by atoms with E-state index in [2.05, 4.69) is 39.0 Å². The molecule has 0 spiro atoms. The highest BCUT2D eigenvalue weighted by atomic mass is 16.5. The van der Waals surface area contributed by atoms with Crippen LogP contribution >= 0.6 is 0 Å². The first-order valence-corrected chi connectivity index (χ1v) is 8.61. The topological polar surface area (TPSA) is 45.7 Å². The highest BCUT2D eigenvalue weighted by molar-refractivity contribution is 5.85. The fourth-order valence-electron chi connectivity index (χ4n) is 3.29. The Kier molecular flexibility index (Phi) is 5.04. The van der Waals surface area contributed by atoms with Crippen LogP contribution in [0.1, 0.15) is 24.2 Å². The third-order valence-corrected chi connectivity index (χ3v) is 4.46. The summed E-state index contributed by atoms with van der Waals surface area (Å²) < 4.78 is 5.77. The van der Waals surface area contributed by atoms with Gasteiger partial charge in [-0.15, -0.1) is 0 Å². The highest BCUT2D eigenvalue weighted by Gasteiger charge is 2.25. The summed E-state index contributed by atoms with van der Waals surface area (Å²) in [4.78, 5) is 20.5. The van der Waals surface area contributed by atoms with Gasteiger partial charge in [-0.25, -0.2) is 4.98 Å². The van der Waals surface area contributed by atoms with Crippen LogP contribution in [-0.4, -0.2) is 50.7 Å². The Balaban J connectivity index is 1.90. The maximum Gasteiger partial charge on any atom is 0.153 e. The van der Waals surface area contributed by atoms with Gasteiger partial charge in [-0.2, -0.15) is 0 Å². The molecule has 2 heterocycles. The summed E-state index contributed by atoms with van der Waals surface area (Å²) in [6.07, 6.45) is 2.99. The van der Waals surface area contributed by atoms with Gasteiger partial charge in [0, 0.05) is 44.6 Å². The first-order valence-electron chi connectivity index (χ1n) is 8.61. The van der Waals surface area contributed by atoms with Crippen molar-refractivity contribution < 1.29 is 9.53 Å². The summed E-state index contributed by atoms with van der Waals surface area (Å²) >= 11 is 0. The molecule has 1 aromatic carbocycles. The molecule has 1 aliphatic heterocycles. The number of carbonyl (C=O) groups excluding carboxylic acids is 1. The molecule has 0 saturated carbocycles. The fourth-order valence-corrected chi connectivity index (χ4v) is 3.29. The van der Waals surface area contributed by atoms with Gasteiger partial charge in [0.2, 0.25) is 0 Å². The number of nitrogens with zero attached hydrogens (tertiary/aromatic N) is 3. The van der Waals surface area contributed by atoms with E-state index in [1.165, 1.54) is 0 Å². The number of aromatic nitrogens is 1. The van der Waals surface area contributed by atoms with Gasteiger partial charge in [0.05, 0.1) is 17.8 Å². The van der Waals surface area contributed by atoms with Gasteiger partial charge >= 0.3 is 0 Å². The molecule has 5 heteroatoms. The van der Waals surface area contributed by atoms with Crippen molar-refractivity contribution in [1.82, 2.24) is 4.98 Å². The summed E-state index contributed by atoms with van der Waals surface area (Å²) in [5, 5.41) is 0. The number of pyridine rings is 1. The van der Waals surface area contributed by atoms with E-state index in [0.717, 1.165) is 42.0 Å². The monoisotopic (exact) mass is 339 g/mol. The molecule has 0 radical (unpaired) electrons. The molecule has 0 unspecified atom stereocenters. The summed E-state index contributed by atoms with van der Waals surface area (Å²) in [6.45, 7) is 5.58. The molecule has 0 aliphatic carbocycles. The third-order valence-electron chi connectivity index (χ3n) is 4.46. The van der Waals surface area contributed by atoms with Crippen molar-refractivity contribution in [3.63, 3.8) is 0 Å². The molecule has 1 aromatic heterocycles. The standard InChI is InChI=1S/C20H25N3O2/c1-14-11-23(12-15(2)25-14)20-18(13-24)9-17(10-21-20)16-5-7-19(8-6-16)22(3)4/h5-10,13-15H,11-12H2,1-4H3/t14-,15+. The van der Waals surface area contributed by atoms with Gasteiger partial charge in [0.25, 0.3) is 0 Å². The fraction of sp³-hybridized carbons (Fsp3) is 0.400. The summed E-state index contributed by atoms with van der Waals surface area (Å²) in [5.41, 5.74) is 3.76. The number of aldehydes is 1. The number of hydrogen-bond acceptors (Lipinski definition) is 5. The number of rotatable bonds is 4. The van der Waals surface area contributed by atoms with E-state index >= 15 is 0 Å². The second-order valence-electron chi connectivity index (χ2n) is 6.86. The molecule has 2 aromatic rings. The molecule has 132 valence electrons. The number of anilines is 2. The van der Waals surface area contributed by atoms with Gasteiger partial charge in [-0.3, -0.25) is 4.79 Å². The Morgan fingerprint density at radius 1 is 1.12 bits per heavy atom. The minimum atomic E-state index is 0.128. The molecule has 0 amide bonds. The lowest BCUT2D eigenvalue weighted by atomic mass is 10.0.